The Labute approximate surface area is 108 Å². The Bertz CT molecular complexity index is 332. The van der Waals surface area contributed by atoms with Crippen LogP contribution in [0, 0.1) is 5.92 Å². The summed E-state index contributed by atoms with van der Waals surface area (Å²) in [6.07, 6.45) is 0.691. The fourth-order valence-electron chi connectivity index (χ4n) is 2.31. The molecule has 1 aliphatic heterocycles. The summed E-state index contributed by atoms with van der Waals surface area (Å²) >= 11 is 0. The third-order valence-corrected chi connectivity index (χ3v) is 3.09. The number of hydrogen-bond acceptors (Lipinski definition) is 3. The highest BCUT2D eigenvalue weighted by atomic mass is 16.6. The van der Waals surface area contributed by atoms with Crippen LogP contribution in [0.4, 0.5) is 4.79 Å². The summed E-state index contributed by atoms with van der Waals surface area (Å²) in [7, 11) is 0. The van der Waals surface area contributed by atoms with Gasteiger partial charge in [-0.3, -0.25) is 4.90 Å². The number of aliphatic carboxylic acids is 1. The van der Waals surface area contributed by atoms with Crippen molar-refractivity contribution >= 4 is 12.1 Å². The van der Waals surface area contributed by atoms with Crippen LogP contribution in [0.3, 0.4) is 0 Å². The summed E-state index contributed by atoms with van der Waals surface area (Å²) in [5.74, 6) is -0.731. The third kappa shape index (κ3) is 3.37. The summed E-state index contributed by atoms with van der Waals surface area (Å²) in [5.41, 5.74) is -0.607. The third-order valence-electron chi connectivity index (χ3n) is 3.09. The van der Waals surface area contributed by atoms with Crippen molar-refractivity contribution in [2.45, 2.75) is 65.1 Å². The van der Waals surface area contributed by atoms with E-state index >= 15 is 0 Å². The Morgan fingerprint density at radius 2 is 1.83 bits per heavy atom. The van der Waals surface area contributed by atoms with Gasteiger partial charge in [0.05, 0.1) is 0 Å². The highest BCUT2D eigenvalue weighted by Gasteiger charge is 2.43. The van der Waals surface area contributed by atoms with E-state index in [1.165, 1.54) is 4.90 Å². The van der Waals surface area contributed by atoms with Gasteiger partial charge >= 0.3 is 12.1 Å². The van der Waals surface area contributed by atoms with E-state index in [-0.39, 0.29) is 12.0 Å². The van der Waals surface area contributed by atoms with Gasteiger partial charge in [0.1, 0.15) is 11.6 Å². The zero-order valence-corrected chi connectivity index (χ0v) is 11.8. The largest absolute Gasteiger partial charge is 0.480 e. The first-order valence-corrected chi connectivity index (χ1v) is 6.37. The number of likely N-dealkylation sites (tertiary alicyclic amines) is 1. The fraction of sp³-hybridized carbons (Fsp3) is 0.846. The molecule has 2 atom stereocenters. The van der Waals surface area contributed by atoms with E-state index in [0.717, 1.165) is 0 Å². The summed E-state index contributed by atoms with van der Waals surface area (Å²) < 4.78 is 5.31. The minimum atomic E-state index is -0.955. The predicted octanol–water partition coefficient (Wildman–Crippen LogP) is 2.50. The summed E-state index contributed by atoms with van der Waals surface area (Å²) in [5, 5.41) is 9.18. The molecule has 1 amide bonds. The van der Waals surface area contributed by atoms with Crippen LogP contribution in [-0.4, -0.2) is 39.8 Å². The average molecular weight is 257 g/mol. The molecule has 0 aromatic heterocycles. The van der Waals surface area contributed by atoms with Crippen molar-refractivity contribution < 1.29 is 19.4 Å². The van der Waals surface area contributed by atoms with Crippen LogP contribution in [0.2, 0.25) is 0 Å². The van der Waals surface area contributed by atoms with Gasteiger partial charge in [-0.1, -0.05) is 13.8 Å². The lowest BCUT2D eigenvalue weighted by Crippen LogP contribution is -2.48. The molecule has 5 nitrogen and oxygen atoms in total. The van der Waals surface area contributed by atoms with Crippen molar-refractivity contribution in [1.29, 1.82) is 0 Å². The lowest BCUT2D eigenvalue weighted by Gasteiger charge is -2.32. The molecule has 0 aliphatic carbocycles. The maximum absolute atomic E-state index is 12.1. The molecule has 0 radical (unpaired) electrons. The highest BCUT2D eigenvalue weighted by molar-refractivity contribution is 5.81. The smallest absolute Gasteiger partial charge is 0.411 e. The standard InChI is InChI=1S/C13H23NO4/c1-8(2)9-6-7-10(11(15)16)14(9)12(17)18-13(3,4)5/h8-10H,6-7H2,1-5H3,(H,15,16)/t9-,10-/m0/s1. The van der Waals surface area contributed by atoms with Crippen LogP contribution < -0.4 is 0 Å². The molecule has 5 heteroatoms. The van der Waals surface area contributed by atoms with Crippen molar-refractivity contribution in [3.63, 3.8) is 0 Å². The highest BCUT2D eigenvalue weighted by Crippen LogP contribution is 2.30. The van der Waals surface area contributed by atoms with Crippen molar-refractivity contribution in [2.24, 2.45) is 5.92 Å². The average Bonchev–Trinajstić information content (AvgIpc) is 2.58. The molecule has 0 unspecified atom stereocenters. The van der Waals surface area contributed by atoms with E-state index in [9.17, 15) is 14.7 Å². The summed E-state index contributed by atoms with van der Waals surface area (Å²) in [6.45, 7) is 9.32. The molecule has 104 valence electrons. The Hall–Kier alpha value is -1.26. The van der Waals surface area contributed by atoms with Crippen molar-refractivity contribution in [3.05, 3.63) is 0 Å². The van der Waals surface area contributed by atoms with Gasteiger partial charge in [0, 0.05) is 6.04 Å². The van der Waals surface area contributed by atoms with E-state index in [1.807, 2.05) is 13.8 Å². The minimum Gasteiger partial charge on any atom is -0.480 e. The molecule has 0 aromatic rings. The molecule has 1 aliphatic rings. The van der Waals surface area contributed by atoms with Gasteiger partial charge < -0.3 is 9.84 Å². The molecule has 1 saturated heterocycles. The zero-order chi connectivity index (χ0) is 14.1. The molecule has 1 heterocycles. The van der Waals surface area contributed by atoms with Gasteiger partial charge in [0.15, 0.2) is 0 Å². The number of carboxylic acid groups (broad SMARTS) is 1. The van der Waals surface area contributed by atoms with Gasteiger partial charge in [-0.25, -0.2) is 9.59 Å². The first-order chi connectivity index (χ1) is 8.13. The molecular formula is C13H23NO4. The number of amides is 1. The molecule has 1 N–H and O–H groups in total. The predicted molar refractivity (Wildman–Crippen MR) is 67.4 cm³/mol. The van der Waals surface area contributed by atoms with Gasteiger partial charge in [0.2, 0.25) is 0 Å². The van der Waals surface area contributed by atoms with Crippen molar-refractivity contribution in [3.8, 4) is 0 Å². The van der Waals surface area contributed by atoms with Crippen LogP contribution in [0.5, 0.6) is 0 Å². The topological polar surface area (TPSA) is 66.8 Å². The number of carbonyl (C=O) groups excluding carboxylic acids is 1. The fourth-order valence-corrected chi connectivity index (χ4v) is 2.31. The molecule has 1 fully saturated rings. The molecule has 18 heavy (non-hydrogen) atoms. The molecule has 0 aromatic carbocycles. The van der Waals surface area contributed by atoms with E-state index in [1.54, 1.807) is 20.8 Å². The van der Waals surface area contributed by atoms with E-state index < -0.39 is 23.7 Å². The normalized spacial score (nSPS) is 24.4. The maximum Gasteiger partial charge on any atom is 0.411 e. The molecule has 0 bridgehead atoms. The number of carboxylic acids is 1. The van der Waals surface area contributed by atoms with Crippen LogP contribution in [0.1, 0.15) is 47.5 Å². The van der Waals surface area contributed by atoms with Gasteiger partial charge in [0.25, 0.3) is 0 Å². The van der Waals surface area contributed by atoms with Gasteiger partial charge in [-0.2, -0.15) is 0 Å². The lowest BCUT2D eigenvalue weighted by molar-refractivity contribution is -0.142. The van der Waals surface area contributed by atoms with E-state index in [4.69, 9.17) is 4.74 Å². The first-order valence-electron chi connectivity index (χ1n) is 6.37. The lowest BCUT2D eigenvalue weighted by atomic mass is 10.0. The van der Waals surface area contributed by atoms with Crippen LogP contribution >= 0.6 is 0 Å². The SMILES string of the molecule is CC(C)[C@@H]1CC[C@@H](C(=O)O)N1C(=O)OC(C)(C)C. The van der Waals surface area contributed by atoms with Gasteiger partial charge in [-0.05, 0) is 39.5 Å². The number of rotatable bonds is 2. The zero-order valence-electron chi connectivity index (χ0n) is 11.8. The Morgan fingerprint density at radius 3 is 2.22 bits per heavy atom. The van der Waals surface area contributed by atoms with Crippen LogP contribution in [-0.2, 0) is 9.53 Å². The van der Waals surface area contributed by atoms with Crippen LogP contribution in [0.25, 0.3) is 0 Å². The summed E-state index contributed by atoms with van der Waals surface area (Å²) in [6, 6.07) is -0.812. The number of hydrogen-bond donors (Lipinski definition) is 1. The van der Waals surface area contributed by atoms with Crippen molar-refractivity contribution in [1.82, 2.24) is 4.90 Å². The van der Waals surface area contributed by atoms with Gasteiger partial charge in [-0.15, -0.1) is 0 Å². The van der Waals surface area contributed by atoms with Crippen LogP contribution in [0.15, 0.2) is 0 Å². The maximum atomic E-state index is 12.1. The number of ether oxygens (including phenoxy) is 1. The first kappa shape index (κ1) is 14.8. The Kier molecular flexibility index (Phi) is 4.24. The molecular weight excluding hydrogens is 234 g/mol. The monoisotopic (exact) mass is 257 g/mol. The van der Waals surface area contributed by atoms with Crippen molar-refractivity contribution in [2.75, 3.05) is 0 Å². The quantitative estimate of drug-likeness (QED) is 0.825. The number of carbonyl (C=O) groups is 2. The second kappa shape index (κ2) is 5.16. The second-order valence-corrected chi connectivity index (χ2v) is 6.13. The second-order valence-electron chi connectivity index (χ2n) is 6.13. The van der Waals surface area contributed by atoms with E-state index in [0.29, 0.717) is 12.8 Å². The minimum absolute atomic E-state index is 0.0547. The summed E-state index contributed by atoms with van der Waals surface area (Å²) in [4.78, 5) is 24.7. The molecule has 0 spiro atoms. The number of nitrogens with zero attached hydrogens (tertiary/aromatic N) is 1. The van der Waals surface area contributed by atoms with E-state index in [2.05, 4.69) is 0 Å². The Morgan fingerprint density at radius 1 is 1.28 bits per heavy atom. The molecule has 0 saturated carbocycles. The Balaban J connectivity index is 2.89. The molecule has 1 rings (SSSR count).